The minimum atomic E-state index is 0.287. The van der Waals surface area contributed by atoms with Crippen LogP contribution in [-0.4, -0.2) is 14.8 Å². The van der Waals surface area contributed by atoms with Crippen LogP contribution >= 0.6 is 11.6 Å². The van der Waals surface area contributed by atoms with Crippen LogP contribution < -0.4 is 0 Å². The average Bonchev–Trinajstić information content (AvgIpc) is 3.11. The summed E-state index contributed by atoms with van der Waals surface area (Å²) in [6.07, 6.45) is 7.50. The van der Waals surface area contributed by atoms with Crippen molar-refractivity contribution < 1.29 is 0 Å². The monoisotopic (exact) mass is 345 g/mol. The van der Waals surface area contributed by atoms with E-state index in [1.807, 2.05) is 83.2 Å². The van der Waals surface area contributed by atoms with Crippen molar-refractivity contribution in [2.45, 2.75) is 40.5 Å². The summed E-state index contributed by atoms with van der Waals surface area (Å²) in [5, 5.41) is 4.45. The summed E-state index contributed by atoms with van der Waals surface area (Å²) in [6, 6.07) is 9.93. The van der Waals surface area contributed by atoms with E-state index in [-0.39, 0.29) is 5.88 Å². The van der Waals surface area contributed by atoms with Gasteiger partial charge in [-0.15, -0.1) is 16.7 Å². The molecule has 0 saturated heterocycles. The number of rotatable bonds is 5. The van der Waals surface area contributed by atoms with Gasteiger partial charge < -0.3 is 0 Å². The lowest BCUT2D eigenvalue weighted by molar-refractivity contribution is 0.889. The Bertz CT molecular complexity index is 640. The molecule has 0 atom stereocenters. The van der Waals surface area contributed by atoms with Gasteiger partial charge in [0.25, 0.3) is 0 Å². The molecule has 3 nitrogen and oxygen atoms in total. The Balaban J connectivity index is 0.00000123. The number of allylic oxidation sites excluding steroid dienone is 5. The zero-order chi connectivity index (χ0) is 18.4. The zero-order valence-electron chi connectivity index (χ0n) is 15.3. The van der Waals surface area contributed by atoms with Gasteiger partial charge in [0.05, 0.1) is 11.6 Å². The van der Waals surface area contributed by atoms with Crippen LogP contribution in [0.3, 0.4) is 0 Å². The number of halogens is 1. The zero-order valence-corrected chi connectivity index (χ0v) is 16.1. The van der Waals surface area contributed by atoms with E-state index in [0.717, 1.165) is 17.1 Å². The summed E-state index contributed by atoms with van der Waals surface area (Å²) >= 11 is 5.86. The SMILES string of the molecule is C=C/C=C\C(=C/C)n1nc(CCl)nc1-c1ccccc1.CC.CC. The summed E-state index contributed by atoms with van der Waals surface area (Å²) in [5.41, 5.74) is 1.93. The first-order valence-electron chi connectivity index (χ1n) is 8.33. The Morgan fingerprint density at radius 2 is 1.79 bits per heavy atom. The van der Waals surface area contributed by atoms with E-state index in [1.165, 1.54) is 0 Å². The molecule has 0 aliphatic carbocycles. The molecule has 2 aromatic rings. The molecule has 2 rings (SSSR count). The molecule has 0 spiro atoms. The highest BCUT2D eigenvalue weighted by molar-refractivity contribution is 6.16. The van der Waals surface area contributed by atoms with Crippen molar-refractivity contribution in [2.75, 3.05) is 0 Å². The number of nitrogens with zero attached hydrogens (tertiary/aromatic N) is 3. The topological polar surface area (TPSA) is 30.7 Å². The lowest BCUT2D eigenvalue weighted by Crippen LogP contribution is -2.00. The Hall–Kier alpha value is -2.13. The van der Waals surface area contributed by atoms with Gasteiger partial charge in [-0.2, -0.15) is 0 Å². The van der Waals surface area contributed by atoms with E-state index >= 15 is 0 Å². The number of hydrogen-bond donors (Lipinski definition) is 0. The molecule has 0 saturated carbocycles. The van der Waals surface area contributed by atoms with Crippen LogP contribution in [0.4, 0.5) is 0 Å². The van der Waals surface area contributed by atoms with Crippen LogP contribution in [0.15, 0.2) is 61.2 Å². The van der Waals surface area contributed by atoms with Gasteiger partial charge >= 0.3 is 0 Å². The van der Waals surface area contributed by atoms with E-state index in [0.29, 0.717) is 5.82 Å². The smallest absolute Gasteiger partial charge is 0.166 e. The molecule has 4 heteroatoms. The molecule has 1 heterocycles. The maximum Gasteiger partial charge on any atom is 0.166 e. The molecule has 1 aromatic heterocycles. The fourth-order valence-corrected chi connectivity index (χ4v) is 1.93. The van der Waals surface area contributed by atoms with Crippen molar-refractivity contribution in [2.24, 2.45) is 0 Å². The fourth-order valence-electron chi connectivity index (χ4n) is 1.82. The van der Waals surface area contributed by atoms with Gasteiger partial charge in [-0.05, 0) is 13.0 Å². The van der Waals surface area contributed by atoms with E-state index in [2.05, 4.69) is 16.7 Å². The second-order valence-electron chi connectivity index (χ2n) is 4.07. The molecule has 1 aromatic carbocycles. The first kappa shape index (κ1) is 21.9. The highest BCUT2D eigenvalue weighted by atomic mass is 35.5. The highest BCUT2D eigenvalue weighted by Gasteiger charge is 2.12. The van der Waals surface area contributed by atoms with E-state index < -0.39 is 0 Å². The van der Waals surface area contributed by atoms with E-state index in [1.54, 1.807) is 10.8 Å². The molecule has 0 aliphatic heterocycles. The Labute approximate surface area is 151 Å². The second kappa shape index (κ2) is 13.3. The summed E-state index contributed by atoms with van der Waals surface area (Å²) in [7, 11) is 0. The summed E-state index contributed by atoms with van der Waals surface area (Å²) in [5.74, 6) is 1.68. The van der Waals surface area contributed by atoms with Gasteiger partial charge in [0.1, 0.15) is 0 Å². The summed E-state index contributed by atoms with van der Waals surface area (Å²) in [4.78, 5) is 4.50. The van der Waals surface area contributed by atoms with Gasteiger partial charge in [-0.3, -0.25) is 0 Å². The molecule has 0 bridgehead atoms. The summed E-state index contributed by atoms with van der Waals surface area (Å²) in [6.45, 7) is 13.6. The van der Waals surface area contributed by atoms with Gasteiger partial charge in [-0.1, -0.05) is 82.8 Å². The van der Waals surface area contributed by atoms with Crippen molar-refractivity contribution in [3.63, 3.8) is 0 Å². The molecule has 0 radical (unpaired) electrons. The third-order valence-corrected chi connectivity index (χ3v) is 2.98. The molecule has 130 valence electrons. The van der Waals surface area contributed by atoms with Gasteiger partial charge in [-0.25, -0.2) is 9.67 Å². The van der Waals surface area contributed by atoms with E-state index in [4.69, 9.17) is 11.6 Å². The van der Waals surface area contributed by atoms with Crippen LogP contribution in [0.2, 0.25) is 0 Å². The minimum absolute atomic E-state index is 0.287. The molecule has 0 fully saturated rings. The maximum atomic E-state index is 5.86. The second-order valence-corrected chi connectivity index (χ2v) is 4.34. The fraction of sp³-hybridized carbons (Fsp3) is 0.300. The Morgan fingerprint density at radius 3 is 2.29 bits per heavy atom. The first-order chi connectivity index (χ1) is 11.8. The first-order valence-corrected chi connectivity index (χ1v) is 8.86. The van der Waals surface area contributed by atoms with Crippen LogP contribution in [-0.2, 0) is 5.88 Å². The third kappa shape index (κ3) is 6.17. The van der Waals surface area contributed by atoms with Crippen LogP contribution in [0, 0.1) is 0 Å². The van der Waals surface area contributed by atoms with Crippen molar-refractivity contribution >= 4 is 17.3 Å². The average molecular weight is 346 g/mol. The highest BCUT2D eigenvalue weighted by Crippen LogP contribution is 2.21. The van der Waals surface area contributed by atoms with Crippen molar-refractivity contribution in [3.8, 4) is 11.4 Å². The number of benzene rings is 1. The third-order valence-electron chi connectivity index (χ3n) is 2.75. The lowest BCUT2D eigenvalue weighted by Gasteiger charge is -2.06. The van der Waals surface area contributed by atoms with Crippen molar-refractivity contribution in [3.05, 3.63) is 67.0 Å². The van der Waals surface area contributed by atoms with Crippen molar-refractivity contribution in [1.82, 2.24) is 14.8 Å². The summed E-state index contributed by atoms with van der Waals surface area (Å²) < 4.78 is 1.80. The molecule has 0 N–H and O–H groups in total. The van der Waals surface area contributed by atoms with Gasteiger partial charge in [0.2, 0.25) is 0 Å². The largest absolute Gasteiger partial charge is 0.213 e. The predicted molar refractivity (Wildman–Crippen MR) is 107 cm³/mol. The lowest BCUT2D eigenvalue weighted by atomic mass is 10.2. The quantitative estimate of drug-likeness (QED) is 0.467. The maximum absolute atomic E-state index is 5.86. The molecular formula is C20H28ClN3. The number of alkyl halides is 1. The molecule has 24 heavy (non-hydrogen) atoms. The molecular weight excluding hydrogens is 318 g/mol. The van der Waals surface area contributed by atoms with E-state index in [9.17, 15) is 0 Å². The normalized spacial score (nSPS) is 10.5. The van der Waals surface area contributed by atoms with Crippen molar-refractivity contribution in [1.29, 1.82) is 0 Å². The standard InChI is InChI=1S/C16H16ClN3.2C2H6/c1-3-5-11-14(4-2)20-16(18-15(12-17)19-20)13-9-7-6-8-10-13;2*1-2/h3-11H,1,12H2,2H3;2*1-2H3/b11-5-,14-4+;;. The van der Waals surface area contributed by atoms with Gasteiger partial charge in [0, 0.05) is 5.56 Å². The number of hydrogen-bond acceptors (Lipinski definition) is 2. The van der Waals surface area contributed by atoms with Crippen LogP contribution in [0.5, 0.6) is 0 Å². The van der Waals surface area contributed by atoms with Gasteiger partial charge in [0.15, 0.2) is 11.6 Å². The predicted octanol–water partition coefficient (Wildman–Crippen LogP) is 6.34. The number of aromatic nitrogens is 3. The van der Waals surface area contributed by atoms with Crippen LogP contribution in [0.1, 0.15) is 40.4 Å². The molecule has 0 unspecified atom stereocenters. The van der Waals surface area contributed by atoms with Crippen LogP contribution in [0.25, 0.3) is 17.1 Å². The Morgan fingerprint density at radius 1 is 1.17 bits per heavy atom. The molecule has 0 amide bonds. The molecule has 0 aliphatic rings. The Kier molecular flexibility index (Phi) is 12.1. The minimum Gasteiger partial charge on any atom is -0.213 e.